The molecule has 1 aliphatic rings. The molecule has 0 saturated carbocycles. The number of hydrogen-bond donors (Lipinski definition) is 2. The van der Waals surface area contributed by atoms with Crippen LogP contribution in [0, 0.1) is 5.92 Å². The number of unbranched alkanes of at least 4 members (excludes halogenated alkanes) is 3. The van der Waals surface area contributed by atoms with Crippen LogP contribution in [0.25, 0.3) is 0 Å². The SMILES string of the molecule is CCNC1CCN(CCCCCCO)CC1C. The second kappa shape index (κ2) is 8.90. The molecule has 0 aliphatic carbocycles. The fourth-order valence-corrected chi connectivity index (χ4v) is 2.80. The van der Waals surface area contributed by atoms with Gasteiger partial charge in [-0.1, -0.05) is 26.7 Å². The number of nitrogens with one attached hydrogen (secondary N) is 1. The molecule has 1 rings (SSSR count). The second-order valence-corrected chi connectivity index (χ2v) is 5.37. The van der Waals surface area contributed by atoms with Crippen LogP contribution in [0.1, 0.15) is 46.0 Å². The van der Waals surface area contributed by atoms with E-state index < -0.39 is 0 Å². The smallest absolute Gasteiger partial charge is 0.0431 e. The van der Waals surface area contributed by atoms with Crippen LogP contribution < -0.4 is 5.32 Å². The second-order valence-electron chi connectivity index (χ2n) is 5.37. The predicted molar refractivity (Wildman–Crippen MR) is 73.2 cm³/mol. The summed E-state index contributed by atoms with van der Waals surface area (Å²) in [4.78, 5) is 2.61. The zero-order chi connectivity index (χ0) is 12.5. The zero-order valence-electron chi connectivity index (χ0n) is 11.6. The largest absolute Gasteiger partial charge is 0.396 e. The molecule has 0 aromatic carbocycles. The molecule has 0 bridgehead atoms. The number of aliphatic hydroxyl groups excluding tert-OH is 1. The molecule has 1 heterocycles. The highest BCUT2D eigenvalue weighted by Gasteiger charge is 2.24. The molecule has 0 radical (unpaired) electrons. The molecule has 2 N–H and O–H groups in total. The van der Waals surface area contributed by atoms with Gasteiger partial charge in [-0.3, -0.25) is 0 Å². The minimum atomic E-state index is 0.352. The summed E-state index contributed by atoms with van der Waals surface area (Å²) in [6.45, 7) is 9.75. The van der Waals surface area contributed by atoms with Crippen molar-refractivity contribution in [1.29, 1.82) is 0 Å². The van der Waals surface area contributed by atoms with Gasteiger partial charge in [0.15, 0.2) is 0 Å². The van der Waals surface area contributed by atoms with E-state index in [4.69, 9.17) is 5.11 Å². The summed E-state index contributed by atoms with van der Waals surface area (Å²) < 4.78 is 0. The van der Waals surface area contributed by atoms with Crippen LogP contribution in [-0.4, -0.2) is 48.8 Å². The van der Waals surface area contributed by atoms with Crippen molar-refractivity contribution >= 4 is 0 Å². The number of rotatable bonds is 8. The summed E-state index contributed by atoms with van der Waals surface area (Å²) in [6.07, 6.45) is 6.01. The predicted octanol–water partition coefficient (Wildman–Crippen LogP) is 1.86. The minimum absolute atomic E-state index is 0.352. The van der Waals surface area contributed by atoms with Crippen molar-refractivity contribution in [2.75, 3.05) is 32.8 Å². The summed E-state index contributed by atoms with van der Waals surface area (Å²) >= 11 is 0. The van der Waals surface area contributed by atoms with E-state index in [9.17, 15) is 0 Å². The van der Waals surface area contributed by atoms with E-state index in [0.717, 1.165) is 24.9 Å². The van der Waals surface area contributed by atoms with Crippen LogP contribution in [0.5, 0.6) is 0 Å². The van der Waals surface area contributed by atoms with Gasteiger partial charge >= 0.3 is 0 Å². The van der Waals surface area contributed by atoms with Gasteiger partial charge in [0.05, 0.1) is 0 Å². The normalized spacial score (nSPS) is 26.3. The first kappa shape index (κ1) is 14.9. The summed E-state index contributed by atoms with van der Waals surface area (Å²) in [5, 5.41) is 12.3. The number of hydrogen-bond acceptors (Lipinski definition) is 3. The van der Waals surface area contributed by atoms with Gasteiger partial charge in [0, 0.05) is 19.2 Å². The lowest BCUT2D eigenvalue weighted by Gasteiger charge is -2.37. The quantitative estimate of drug-likeness (QED) is 0.638. The Bertz CT molecular complexity index is 187. The molecule has 3 nitrogen and oxygen atoms in total. The first-order chi connectivity index (χ1) is 8.27. The number of likely N-dealkylation sites (tertiary alicyclic amines) is 1. The number of piperidine rings is 1. The van der Waals surface area contributed by atoms with Crippen molar-refractivity contribution < 1.29 is 5.11 Å². The van der Waals surface area contributed by atoms with Gasteiger partial charge in [-0.05, 0) is 44.8 Å². The van der Waals surface area contributed by atoms with Crippen molar-refractivity contribution in [2.24, 2.45) is 5.92 Å². The fourth-order valence-electron chi connectivity index (χ4n) is 2.80. The Kier molecular flexibility index (Phi) is 7.82. The zero-order valence-corrected chi connectivity index (χ0v) is 11.6. The number of nitrogens with zero attached hydrogens (tertiary/aromatic N) is 1. The van der Waals surface area contributed by atoms with Crippen molar-refractivity contribution in [3.8, 4) is 0 Å². The molecule has 0 amide bonds. The van der Waals surface area contributed by atoms with Crippen molar-refractivity contribution in [3.05, 3.63) is 0 Å². The van der Waals surface area contributed by atoms with Crippen LogP contribution in [-0.2, 0) is 0 Å². The Morgan fingerprint density at radius 2 is 2.00 bits per heavy atom. The van der Waals surface area contributed by atoms with E-state index in [0.29, 0.717) is 6.61 Å². The van der Waals surface area contributed by atoms with Crippen LogP contribution >= 0.6 is 0 Å². The Balaban J connectivity index is 2.08. The molecule has 3 heteroatoms. The highest BCUT2D eigenvalue weighted by Crippen LogP contribution is 2.17. The van der Waals surface area contributed by atoms with Gasteiger partial charge in [-0.15, -0.1) is 0 Å². The third kappa shape index (κ3) is 5.84. The highest BCUT2D eigenvalue weighted by atomic mass is 16.2. The van der Waals surface area contributed by atoms with Gasteiger partial charge in [0.1, 0.15) is 0 Å². The third-order valence-electron chi connectivity index (χ3n) is 3.84. The molecule has 1 saturated heterocycles. The minimum Gasteiger partial charge on any atom is -0.396 e. The van der Waals surface area contributed by atoms with Gasteiger partial charge in [0.2, 0.25) is 0 Å². The lowest BCUT2D eigenvalue weighted by atomic mass is 9.93. The maximum atomic E-state index is 8.71. The van der Waals surface area contributed by atoms with Gasteiger partial charge < -0.3 is 15.3 Å². The summed E-state index contributed by atoms with van der Waals surface area (Å²) in [6, 6.07) is 0.727. The van der Waals surface area contributed by atoms with Gasteiger partial charge in [-0.2, -0.15) is 0 Å². The van der Waals surface area contributed by atoms with E-state index in [2.05, 4.69) is 24.1 Å². The molecule has 102 valence electrons. The number of aliphatic hydroxyl groups is 1. The Labute approximate surface area is 107 Å². The average molecular weight is 242 g/mol. The van der Waals surface area contributed by atoms with Crippen molar-refractivity contribution in [2.45, 2.75) is 52.0 Å². The first-order valence-electron chi connectivity index (χ1n) is 7.34. The maximum Gasteiger partial charge on any atom is 0.0431 e. The first-order valence-corrected chi connectivity index (χ1v) is 7.34. The highest BCUT2D eigenvalue weighted by molar-refractivity contribution is 4.82. The van der Waals surface area contributed by atoms with Crippen LogP contribution in [0.4, 0.5) is 0 Å². The molecule has 2 atom stereocenters. The van der Waals surface area contributed by atoms with E-state index in [1.807, 2.05) is 0 Å². The molecular formula is C14H30N2O. The molecular weight excluding hydrogens is 212 g/mol. The summed E-state index contributed by atoms with van der Waals surface area (Å²) in [7, 11) is 0. The lowest BCUT2D eigenvalue weighted by molar-refractivity contribution is 0.146. The molecule has 2 unspecified atom stereocenters. The third-order valence-corrected chi connectivity index (χ3v) is 3.84. The molecule has 0 spiro atoms. The lowest BCUT2D eigenvalue weighted by Crippen LogP contribution is -2.48. The van der Waals surface area contributed by atoms with Crippen LogP contribution in [0.15, 0.2) is 0 Å². The van der Waals surface area contributed by atoms with Crippen LogP contribution in [0.3, 0.4) is 0 Å². The molecule has 0 aromatic heterocycles. The van der Waals surface area contributed by atoms with Gasteiger partial charge in [0.25, 0.3) is 0 Å². The van der Waals surface area contributed by atoms with E-state index in [1.165, 1.54) is 45.3 Å². The van der Waals surface area contributed by atoms with E-state index in [-0.39, 0.29) is 0 Å². The van der Waals surface area contributed by atoms with E-state index in [1.54, 1.807) is 0 Å². The van der Waals surface area contributed by atoms with Crippen molar-refractivity contribution in [3.63, 3.8) is 0 Å². The monoisotopic (exact) mass is 242 g/mol. The molecule has 17 heavy (non-hydrogen) atoms. The topological polar surface area (TPSA) is 35.5 Å². The molecule has 1 fully saturated rings. The molecule has 1 aliphatic heterocycles. The standard InChI is InChI=1S/C14H30N2O/c1-3-15-14-8-10-16(12-13(14)2)9-6-4-5-7-11-17/h13-15,17H,3-12H2,1-2H3. The summed E-state index contributed by atoms with van der Waals surface area (Å²) in [5.74, 6) is 0.779. The van der Waals surface area contributed by atoms with E-state index >= 15 is 0 Å². The summed E-state index contributed by atoms with van der Waals surface area (Å²) in [5.41, 5.74) is 0. The van der Waals surface area contributed by atoms with Crippen LogP contribution in [0.2, 0.25) is 0 Å². The van der Waals surface area contributed by atoms with Crippen molar-refractivity contribution in [1.82, 2.24) is 10.2 Å². The van der Waals surface area contributed by atoms with Gasteiger partial charge in [-0.25, -0.2) is 0 Å². The fraction of sp³-hybridized carbons (Fsp3) is 1.00. The Morgan fingerprint density at radius 3 is 2.65 bits per heavy atom. The molecule has 0 aromatic rings. The Hall–Kier alpha value is -0.120. The Morgan fingerprint density at radius 1 is 1.24 bits per heavy atom. The maximum absolute atomic E-state index is 8.71. The average Bonchev–Trinajstić information content (AvgIpc) is 2.32.